The molecule has 0 aliphatic carbocycles. The van der Waals surface area contributed by atoms with Crippen molar-refractivity contribution in [2.24, 2.45) is 0 Å². The molecule has 2 aromatic rings. The van der Waals surface area contributed by atoms with Crippen LogP contribution in [0.25, 0.3) is 0 Å². The van der Waals surface area contributed by atoms with Gasteiger partial charge in [0.25, 0.3) is 11.5 Å². The van der Waals surface area contributed by atoms with E-state index in [0.29, 0.717) is 49.8 Å². The van der Waals surface area contributed by atoms with Crippen molar-refractivity contribution in [1.82, 2.24) is 25.2 Å². The van der Waals surface area contributed by atoms with Gasteiger partial charge in [-0.05, 0) is 25.0 Å². The molecule has 1 aliphatic rings. The number of nitrogens with one attached hydrogen (secondary N) is 2. The standard InChI is InChI=1S/C19H21FN6O2/c1-13-18(27)23-14(12-22-13)4-3-7-25-8-10-26(11-9-25)16-6-5-15(19(28)21-2)24-17(16)20/h5-6,12H,7-11H2,1-2H3,(H,21,28)(H,23,27). The molecule has 0 spiro atoms. The van der Waals surface area contributed by atoms with Crippen LogP contribution in [0.5, 0.6) is 0 Å². The van der Waals surface area contributed by atoms with Gasteiger partial charge in [0.05, 0.1) is 18.4 Å². The fraction of sp³-hybridized carbons (Fsp3) is 0.368. The van der Waals surface area contributed by atoms with Crippen molar-refractivity contribution < 1.29 is 9.18 Å². The highest BCUT2D eigenvalue weighted by atomic mass is 19.1. The highest BCUT2D eigenvalue weighted by Crippen LogP contribution is 2.19. The second-order valence-corrected chi connectivity index (χ2v) is 6.36. The number of aryl methyl sites for hydroxylation is 1. The minimum Gasteiger partial charge on any atom is -0.365 e. The highest BCUT2D eigenvalue weighted by molar-refractivity contribution is 5.92. The lowest BCUT2D eigenvalue weighted by molar-refractivity contribution is 0.0957. The third-order valence-electron chi connectivity index (χ3n) is 4.49. The Balaban J connectivity index is 1.56. The Labute approximate surface area is 161 Å². The Morgan fingerprint density at radius 2 is 2.07 bits per heavy atom. The molecule has 0 saturated carbocycles. The number of carbonyl (C=O) groups excluding carboxylic acids is 1. The zero-order chi connectivity index (χ0) is 20.1. The first kappa shape index (κ1) is 19.5. The van der Waals surface area contributed by atoms with Crippen molar-refractivity contribution in [1.29, 1.82) is 0 Å². The van der Waals surface area contributed by atoms with Gasteiger partial charge in [0.1, 0.15) is 17.1 Å². The summed E-state index contributed by atoms with van der Waals surface area (Å²) in [4.78, 5) is 37.5. The van der Waals surface area contributed by atoms with Crippen LogP contribution in [0.1, 0.15) is 21.9 Å². The largest absolute Gasteiger partial charge is 0.365 e. The summed E-state index contributed by atoms with van der Waals surface area (Å²) < 4.78 is 14.3. The summed E-state index contributed by atoms with van der Waals surface area (Å²) >= 11 is 0. The number of halogens is 1. The molecule has 1 fully saturated rings. The first-order valence-corrected chi connectivity index (χ1v) is 8.88. The summed E-state index contributed by atoms with van der Waals surface area (Å²) in [6.07, 6.45) is 1.54. The zero-order valence-corrected chi connectivity index (χ0v) is 15.8. The summed E-state index contributed by atoms with van der Waals surface area (Å²) in [6.45, 7) is 4.87. The number of pyridine rings is 1. The summed E-state index contributed by atoms with van der Waals surface area (Å²) in [5.74, 6) is 4.86. The van der Waals surface area contributed by atoms with Gasteiger partial charge in [0.2, 0.25) is 5.95 Å². The number of aromatic amines is 1. The molecule has 0 bridgehead atoms. The normalized spacial score (nSPS) is 14.3. The van der Waals surface area contributed by atoms with E-state index >= 15 is 0 Å². The quantitative estimate of drug-likeness (QED) is 0.578. The van der Waals surface area contributed by atoms with Gasteiger partial charge in [0.15, 0.2) is 0 Å². The van der Waals surface area contributed by atoms with Gasteiger partial charge < -0.3 is 15.2 Å². The number of H-pyrrole nitrogens is 1. The predicted octanol–water partition coefficient (Wildman–Crippen LogP) is 0.146. The fourth-order valence-electron chi connectivity index (χ4n) is 2.84. The Morgan fingerprint density at radius 3 is 2.71 bits per heavy atom. The molecule has 0 unspecified atom stereocenters. The van der Waals surface area contributed by atoms with Crippen LogP contribution in [-0.4, -0.2) is 65.5 Å². The SMILES string of the molecule is CNC(=O)c1ccc(N2CCN(CC#Cc3cnc(C)c(=O)[nH]3)CC2)c(F)n1. The predicted molar refractivity (Wildman–Crippen MR) is 103 cm³/mol. The minimum absolute atomic E-state index is 0.0568. The van der Waals surface area contributed by atoms with E-state index in [4.69, 9.17) is 0 Å². The van der Waals surface area contributed by atoms with Crippen molar-refractivity contribution in [3.8, 4) is 11.8 Å². The average Bonchev–Trinajstić information content (AvgIpc) is 2.70. The number of carbonyl (C=O) groups is 1. The molecule has 3 rings (SSSR count). The number of hydrogen-bond donors (Lipinski definition) is 2. The van der Waals surface area contributed by atoms with E-state index in [0.717, 1.165) is 0 Å². The number of nitrogens with zero attached hydrogens (tertiary/aromatic N) is 4. The van der Waals surface area contributed by atoms with Gasteiger partial charge in [0, 0.05) is 33.2 Å². The first-order valence-electron chi connectivity index (χ1n) is 8.88. The van der Waals surface area contributed by atoms with Crippen LogP contribution in [0.15, 0.2) is 23.1 Å². The molecule has 9 heteroatoms. The van der Waals surface area contributed by atoms with E-state index in [-0.39, 0.29) is 11.3 Å². The third kappa shape index (κ3) is 4.53. The fourth-order valence-corrected chi connectivity index (χ4v) is 2.84. The number of hydrogen-bond acceptors (Lipinski definition) is 6. The van der Waals surface area contributed by atoms with Gasteiger partial charge in [-0.2, -0.15) is 4.39 Å². The van der Waals surface area contributed by atoms with Crippen LogP contribution in [0.2, 0.25) is 0 Å². The summed E-state index contributed by atoms with van der Waals surface area (Å²) in [5, 5.41) is 2.43. The van der Waals surface area contributed by atoms with E-state index in [1.165, 1.54) is 13.1 Å². The highest BCUT2D eigenvalue weighted by Gasteiger charge is 2.20. The minimum atomic E-state index is -0.648. The molecule has 1 saturated heterocycles. The van der Waals surface area contributed by atoms with Crippen molar-refractivity contribution in [3.05, 3.63) is 51.7 Å². The molecule has 0 atom stereocenters. The maximum absolute atomic E-state index is 14.3. The Bertz CT molecular complexity index is 986. The Hall–Kier alpha value is -3.25. The van der Waals surface area contributed by atoms with Crippen LogP contribution in [-0.2, 0) is 0 Å². The molecule has 28 heavy (non-hydrogen) atoms. The van der Waals surface area contributed by atoms with Crippen LogP contribution in [0, 0.1) is 24.7 Å². The average molecular weight is 384 g/mol. The molecule has 2 N–H and O–H groups in total. The number of aromatic nitrogens is 3. The van der Waals surface area contributed by atoms with Crippen molar-refractivity contribution >= 4 is 11.6 Å². The molecule has 8 nitrogen and oxygen atoms in total. The maximum atomic E-state index is 14.3. The lowest BCUT2D eigenvalue weighted by Crippen LogP contribution is -2.46. The smallest absolute Gasteiger partial charge is 0.270 e. The van der Waals surface area contributed by atoms with E-state index in [1.807, 2.05) is 4.90 Å². The molecule has 3 heterocycles. The number of anilines is 1. The second-order valence-electron chi connectivity index (χ2n) is 6.36. The van der Waals surface area contributed by atoms with Crippen LogP contribution in [0.4, 0.5) is 10.1 Å². The van der Waals surface area contributed by atoms with E-state index in [1.54, 1.807) is 19.2 Å². The van der Waals surface area contributed by atoms with Gasteiger partial charge in [-0.1, -0.05) is 5.92 Å². The van der Waals surface area contributed by atoms with Gasteiger partial charge in [-0.25, -0.2) is 4.98 Å². The molecule has 2 aromatic heterocycles. The third-order valence-corrected chi connectivity index (χ3v) is 4.49. The molecule has 0 aromatic carbocycles. The van der Waals surface area contributed by atoms with Gasteiger partial charge >= 0.3 is 0 Å². The van der Waals surface area contributed by atoms with Crippen molar-refractivity contribution in [3.63, 3.8) is 0 Å². The van der Waals surface area contributed by atoms with Gasteiger partial charge in [-0.3, -0.25) is 19.5 Å². The van der Waals surface area contributed by atoms with Crippen LogP contribution in [0.3, 0.4) is 0 Å². The van der Waals surface area contributed by atoms with Gasteiger partial charge in [-0.15, -0.1) is 0 Å². The van der Waals surface area contributed by atoms with E-state index < -0.39 is 11.9 Å². The number of amides is 1. The van der Waals surface area contributed by atoms with E-state index in [2.05, 4.69) is 37.0 Å². The lowest BCUT2D eigenvalue weighted by atomic mass is 10.2. The first-order chi connectivity index (χ1) is 13.5. The Kier molecular flexibility index (Phi) is 6.01. The van der Waals surface area contributed by atoms with E-state index in [9.17, 15) is 14.0 Å². The Morgan fingerprint density at radius 1 is 1.32 bits per heavy atom. The van der Waals surface area contributed by atoms with Crippen molar-refractivity contribution in [2.45, 2.75) is 6.92 Å². The molecule has 1 aliphatic heterocycles. The summed E-state index contributed by atoms with van der Waals surface area (Å²) in [6, 6.07) is 3.11. The number of rotatable bonds is 3. The second kappa shape index (κ2) is 8.63. The summed E-state index contributed by atoms with van der Waals surface area (Å²) in [7, 11) is 1.48. The van der Waals surface area contributed by atoms with Crippen LogP contribution < -0.4 is 15.8 Å². The molecule has 0 radical (unpaired) electrons. The molecular formula is C19H21FN6O2. The topological polar surface area (TPSA) is 94.2 Å². The molecule has 146 valence electrons. The zero-order valence-electron chi connectivity index (χ0n) is 15.8. The lowest BCUT2D eigenvalue weighted by Gasteiger charge is -2.35. The monoisotopic (exact) mass is 384 g/mol. The summed E-state index contributed by atoms with van der Waals surface area (Å²) in [5.41, 5.74) is 1.10. The molecular weight excluding hydrogens is 363 g/mol. The van der Waals surface area contributed by atoms with Crippen LogP contribution >= 0.6 is 0 Å². The number of piperazine rings is 1. The molecule has 1 amide bonds. The maximum Gasteiger partial charge on any atom is 0.270 e. The van der Waals surface area contributed by atoms with Crippen molar-refractivity contribution in [2.75, 3.05) is 44.7 Å².